The maximum absolute atomic E-state index is 13.8. The van der Waals surface area contributed by atoms with Crippen molar-refractivity contribution in [3.8, 4) is 0 Å². The zero-order chi connectivity index (χ0) is 33.6. The normalized spacial score (nSPS) is 43.8. The fourth-order valence-electron chi connectivity index (χ4n) is 8.02. The zero-order valence-electron chi connectivity index (χ0n) is 24.7. The van der Waals surface area contributed by atoms with Crippen molar-refractivity contribution in [3.63, 3.8) is 0 Å². The summed E-state index contributed by atoms with van der Waals surface area (Å²) in [4.78, 5) is 46.7. The van der Waals surface area contributed by atoms with Gasteiger partial charge in [-0.1, -0.05) is 19.2 Å². The molecular formula is C24H28N10O11P2S. The van der Waals surface area contributed by atoms with Gasteiger partial charge in [0.05, 0.1) is 38.5 Å². The molecule has 9 rings (SSSR count). The van der Waals surface area contributed by atoms with Gasteiger partial charge in [-0.3, -0.25) is 27.9 Å². The Morgan fingerprint density at radius 2 is 1.83 bits per heavy atom. The number of hydrogen-bond donors (Lipinski definition) is 6. The average Bonchev–Trinajstić information content (AvgIpc) is 3.69. The number of phosphoric acid groups is 1. The summed E-state index contributed by atoms with van der Waals surface area (Å²) in [6.45, 7) is -3.70. The number of anilines is 2. The van der Waals surface area contributed by atoms with Crippen LogP contribution in [0.15, 0.2) is 23.8 Å². The van der Waals surface area contributed by atoms with Gasteiger partial charge in [-0.2, -0.15) is 4.98 Å². The van der Waals surface area contributed by atoms with Crippen molar-refractivity contribution in [2.45, 2.75) is 55.1 Å². The summed E-state index contributed by atoms with van der Waals surface area (Å²) in [5, 5.41) is 11.8. The Kier molecular flexibility index (Phi) is 6.34. The molecule has 0 amide bonds. The molecule has 3 aliphatic heterocycles. The summed E-state index contributed by atoms with van der Waals surface area (Å²) in [6.07, 6.45) is -0.395. The maximum Gasteiger partial charge on any atom is 0.472 e. The van der Waals surface area contributed by atoms with E-state index in [1.54, 1.807) is 6.92 Å². The molecule has 5 fully saturated rings. The van der Waals surface area contributed by atoms with E-state index in [1.165, 1.54) is 28.1 Å². The second kappa shape index (κ2) is 9.82. The second-order valence-corrected chi connectivity index (χ2v) is 17.1. The van der Waals surface area contributed by atoms with Crippen molar-refractivity contribution in [2.24, 2.45) is 11.3 Å². The quantitative estimate of drug-likeness (QED) is 0.118. The Hall–Kier alpha value is -3.01. The van der Waals surface area contributed by atoms with E-state index in [-0.39, 0.29) is 42.6 Å². The number of fused-ring (bicyclic) bond motifs is 3. The first-order chi connectivity index (χ1) is 22.7. The zero-order valence-corrected chi connectivity index (χ0v) is 27.4. The molecule has 21 nitrogen and oxygen atoms in total. The lowest BCUT2D eigenvalue weighted by molar-refractivity contribution is -0.184. The smallest absolute Gasteiger partial charge is 0.388 e. The molecule has 1 unspecified atom stereocenters. The van der Waals surface area contributed by atoms with Gasteiger partial charge in [0.15, 0.2) is 28.9 Å². The van der Waals surface area contributed by atoms with Gasteiger partial charge in [-0.25, -0.2) is 29.1 Å². The highest BCUT2D eigenvalue weighted by atomic mass is 32.7. The molecule has 0 radical (unpaired) electrons. The number of thiol groups is 1. The minimum absolute atomic E-state index is 0.00938. The van der Waals surface area contributed by atoms with Crippen LogP contribution in [0.4, 0.5) is 11.8 Å². The summed E-state index contributed by atoms with van der Waals surface area (Å²) in [7, 11) is -4.99. The third-order valence-corrected chi connectivity index (χ3v) is 12.9. The van der Waals surface area contributed by atoms with Crippen molar-refractivity contribution < 1.29 is 46.7 Å². The van der Waals surface area contributed by atoms with Crippen LogP contribution in [0.5, 0.6) is 0 Å². The van der Waals surface area contributed by atoms with E-state index < -0.39 is 79.9 Å². The third-order valence-electron chi connectivity index (χ3n) is 10.3. The van der Waals surface area contributed by atoms with Crippen molar-refractivity contribution in [1.29, 1.82) is 0 Å². The summed E-state index contributed by atoms with van der Waals surface area (Å²) >= 11 is 4.26. The number of aromatic amines is 1. The van der Waals surface area contributed by atoms with Crippen molar-refractivity contribution >= 4 is 61.0 Å². The molecule has 7 N–H and O–H groups in total. The second-order valence-electron chi connectivity index (χ2n) is 12.8. The molecule has 11 atom stereocenters. The van der Waals surface area contributed by atoms with Crippen LogP contribution in [0.1, 0.15) is 25.6 Å². The largest absolute Gasteiger partial charge is 0.472 e. The SMILES string of the molecule is C[C@@]12CO[P@](=O)(S)O[C@H]3[C@H]4OC[C@]3(COP(=O)(O)O[C@]13[C@@H](O)[C@H](n1cnc5c(=O)[nH]c(N)nc51)C[C@@H]32)O[C@H]4n1cnc2c(N)ncnc21. The predicted molar refractivity (Wildman–Crippen MR) is 163 cm³/mol. The molecule has 5 aliphatic rings. The molecule has 24 heteroatoms. The topological polar surface area (TPSA) is 289 Å². The summed E-state index contributed by atoms with van der Waals surface area (Å²) in [6, 6.07) is -0.817. The fourth-order valence-corrected chi connectivity index (χ4v) is 10.9. The van der Waals surface area contributed by atoms with Gasteiger partial charge in [0.25, 0.3) is 5.56 Å². The van der Waals surface area contributed by atoms with E-state index in [0.29, 0.717) is 11.2 Å². The number of rotatable bonds is 2. The molecular weight excluding hydrogens is 698 g/mol. The Bertz CT molecular complexity index is 2180. The van der Waals surface area contributed by atoms with Crippen LogP contribution in [0.3, 0.4) is 0 Å². The van der Waals surface area contributed by atoms with Crippen LogP contribution in [0.2, 0.25) is 0 Å². The summed E-state index contributed by atoms with van der Waals surface area (Å²) < 4.78 is 66.2. The Morgan fingerprint density at radius 1 is 1.06 bits per heavy atom. The standard InChI is InChI=1S/C24H28N10O11P2S/c1-22-3-42-47(39,48)44-15-13-20(34-8-29-11-16(25)27-6-28-17(11)34)43-23(15,4-40-13)5-41-46(37,38)45-24(22)10(22)2-9(14(24)35)33-7-30-12-18(33)31-21(26)32-19(12)36/h6-10,13-15,20,35H,2-5H2,1H3,(H,37,38)(H,39,48)(H2,25,27,28)(H3,26,31,32,36)/t9-,10-,13-,14+,15+,20-,22+,23-,24-,47+/m1/s1. The van der Waals surface area contributed by atoms with E-state index in [2.05, 4.69) is 42.2 Å². The van der Waals surface area contributed by atoms with Gasteiger partial charge in [0, 0.05) is 11.3 Å². The van der Waals surface area contributed by atoms with Gasteiger partial charge in [0.2, 0.25) is 5.95 Å². The summed E-state index contributed by atoms with van der Waals surface area (Å²) in [5.74, 6) is -0.647. The first kappa shape index (κ1) is 31.0. The molecule has 7 heterocycles. The molecule has 3 saturated heterocycles. The van der Waals surface area contributed by atoms with E-state index in [9.17, 15) is 23.9 Å². The van der Waals surface area contributed by atoms with Gasteiger partial charge >= 0.3 is 14.6 Å². The number of aromatic nitrogens is 8. The van der Waals surface area contributed by atoms with Crippen molar-refractivity contribution in [2.75, 3.05) is 31.3 Å². The van der Waals surface area contributed by atoms with E-state index in [0.717, 1.165) is 0 Å². The lowest BCUT2D eigenvalue weighted by Crippen LogP contribution is -2.46. The van der Waals surface area contributed by atoms with Crippen LogP contribution in [0.25, 0.3) is 22.3 Å². The molecule has 256 valence electrons. The Balaban J connectivity index is 1.06. The van der Waals surface area contributed by atoms with Gasteiger partial charge in [0.1, 0.15) is 41.4 Å². The third kappa shape index (κ3) is 4.10. The van der Waals surface area contributed by atoms with E-state index >= 15 is 0 Å². The van der Waals surface area contributed by atoms with Crippen LogP contribution in [-0.2, 0) is 36.7 Å². The number of nitrogens with two attached hydrogens (primary N) is 2. The molecule has 48 heavy (non-hydrogen) atoms. The Labute approximate surface area is 273 Å². The fraction of sp³-hybridized carbons (Fsp3) is 0.583. The lowest BCUT2D eigenvalue weighted by Gasteiger charge is -2.35. The average molecular weight is 727 g/mol. The minimum Gasteiger partial charge on any atom is -0.388 e. The van der Waals surface area contributed by atoms with E-state index in [1.807, 2.05) is 0 Å². The molecule has 2 saturated carbocycles. The molecule has 4 aromatic heterocycles. The number of aliphatic hydroxyl groups excluding tert-OH is 1. The Morgan fingerprint density at radius 3 is 2.65 bits per heavy atom. The van der Waals surface area contributed by atoms with Gasteiger partial charge in [-0.15, -0.1) is 0 Å². The highest BCUT2D eigenvalue weighted by Gasteiger charge is 2.85. The number of phosphoric ester groups is 1. The van der Waals surface area contributed by atoms with Gasteiger partial charge < -0.3 is 40.0 Å². The highest BCUT2D eigenvalue weighted by Crippen LogP contribution is 2.79. The number of nitrogens with zero attached hydrogens (tertiary/aromatic N) is 7. The minimum atomic E-state index is -4.99. The van der Waals surface area contributed by atoms with Crippen LogP contribution >= 0.6 is 26.9 Å². The number of nitrogens with one attached hydrogen (secondary N) is 1. The van der Waals surface area contributed by atoms with Crippen LogP contribution in [-0.4, -0.2) is 98.4 Å². The number of ether oxygens (including phenoxy) is 2. The van der Waals surface area contributed by atoms with Gasteiger partial charge in [-0.05, 0) is 6.42 Å². The number of hydrogen-bond acceptors (Lipinski definition) is 17. The first-order valence-corrected chi connectivity index (χ1v) is 18.8. The first-order valence-electron chi connectivity index (χ1n) is 14.7. The van der Waals surface area contributed by atoms with Crippen molar-refractivity contribution in [1.82, 2.24) is 39.0 Å². The highest BCUT2D eigenvalue weighted by molar-refractivity contribution is 8.44. The number of nitrogen functional groups attached to an aromatic ring is 2. The van der Waals surface area contributed by atoms with E-state index in [4.69, 9.17) is 39.0 Å². The molecule has 2 aliphatic carbocycles. The monoisotopic (exact) mass is 726 g/mol. The molecule has 2 bridgehead atoms. The molecule has 4 aromatic rings. The predicted octanol–water partition coefficient (Wildman–Crippen LogP) is 0.0578. The number of H-pyrrole nitrogens is 1. The molecule has 0 aromatic carbocycles. The van der Waals surface area contributed by atoms with Crippen LogP contribution < -0.4 is 17.0 Å². The molecule has 1 spiro atoms. The van der Waals surface area contributed by atoms with Crippen molar-refractivity contribution in [3.05, 3.63) is 29.3 Å². The number of aliphatic hydroxyl groups is 1. The maximum atomic E-state index is 13.8. The summed E-state index contributed by atoms with van der Waals surface area (Å²) in [5.41, 5.74) is 7.35. The lowest BCUT2D eigenvalue weighted by atomic mass is 9.92. The van der Waals surface area contributed by atoms with Crippen LogP contribution in [0, 0.1) is 11.3 Å². The number of imidazole rings is 2.